The maximum absolute atomic E-state index is 3.38. The van der Waals surface area contributed by atoms with Crippen LogP contribution in [0.2, 0.25) is 0 Å². The molecular weight excluding hydrogens is 210 g/mol. The molecule has 1 aromatic heterocycles. The third-order valence-corrected chi connectivity index (χ3v) is 4.36. The average Bonchev–Trinajstić information content (AvgIpc) is 2.53. The molecule has 1 N–H and O–H groups in total. The second-order valence-corrected chi connectivity index (χ2v) is 6.60. The lowest BCUT2D eigenvalue weighted by atomic mass is 10.3. The smallest absolute Gasteiger partial charge is 0.0504 e. The first-order chi connectivity index (χ1) is 6.63. The zero-order valence-electron chi connectivity index (χ0n) is 9.33. The van der Waals surface area contributed by atoms with Gasteiger partial charge < -0.3 is 5.32 Å². The molecule has 0 spiro atoms. The van der Waals surface area contributed by atoms with Crippen LogP contribution in [0.25, 0.3) is 0 Å². The van der Waals surface area contributed by atoms with E-state index in [4.69, 9.17) is 0 Å². The molecule has 1 heterocycles. The first-order valence-electron chi connectivity index (χ1n) is 4.98. The minimum absolute atomic E-state index is 0.515. The quantitative estimate of drug-likeness (QED) is 0.830. The molecule has 3 heteroatoms. The van der Waals surface area contributed by atoms with Gasteiger partial charge in [0.2, 0.25) is 0 Å². The van der Waals surface area contributed by atoms with E-state index in [9.17, 15) is 0 Å². The van der Waals surface area contributed by atoms with Gasteiger partial charge >= 0.3 is 0 Å². The van der Waals surface area contributed by atoms with Gasteiger partial charge in [0.1, 0.15) is 0 Å². The molecule has 80 valence electrons. The number of thiophene rings is 1. The molecule has 0 fully saturated rings. The van der Waals surface area contributed by atoms with Crippen molar-refractivity contribution >= 4 is 23.1 Å². The fourth-order valence-electron chi connectivity index (χ4n) is 1.24. The lowest BCUT2D eigenvalue weighted by Gasteiger charge is -2.15. The lowest BCUT2D eigenvalue weighted by Crippen LogP contribution is -2.18. The van der Waals surface area contributed by atoms with Crippen LogP contribution in [0.5, 0.6) is 0 Å². The summed E-state index contributed by atoms with van der Waals surface area (Å²) in [7, 11) is 2.04. The molecule has 0 bridgehead atoms. The first-order valence-corrected chi connectivity index (χ1v) is 6.85. The Kier molecular flexibility index (Phi) is 4.99. The molecule has 0 amide bonds. The van der Waals surface area contributed by atoms with Gasteiger partial charge in [-0.25, -0.2) is 0 Å². The van der Waals surface area contributed by atoms with E-state index in [-0.39, 0.29) is 0 Å². The molecule has 1 unspecified atom stereocenters. The van der Waals surface area contributed by atoms with Crippen molar-refractivity contribution in [1.29, 1.82) is 0 Å². The number of hydrogen-bond donors (Lipinski definition) is 1. The number of rotatable bonds is 5. The van der Waals surface area contributed by atoms with Crippen molar-refractivity contribution in [2.45, 2.75) is 32.1 Å². The minimum Gasteiger partial charge on any atom is -0.312 e. The van der Waals surface area contributed by atoms with Crippen molar-refractivity contribution in [1.82, 2.24) is 5.32 Å². The van der Waals surface area contributed by atoms with Crippen LogP contribution < -0.4 is 5.32 Å². The molecule has 0 saturated heterocycles. The largest absolute Gasteiger partial charge is 0.312 e. The normalized spacial score (nSPS) is 13.5. The van der Waals surface area contributed by atoms with Crippen LogP contribution in [0, 0.1) is 6.92 Å². The summed E-state index contributed by atoms with van der Waals surface area (Å²) < 4.78 is 0. The fourth-order valence-corrected chi connectivity index (χ4v) is 3.25. The van der Waals surface area contributed by atoms with Crippen LogP contribution in [0.4, 0.5) is 0 Å². The van der Waals surface area contributed by atoms with E-state index < -0.39 is 0 Å². The Bertz CT molecular complexity index is 268. The van der Waals surface area contributed by atoms with Crippen molar-refractivity contribution < 1.29 is 0 Å². The van der Waals surface area contributed by atoms with Crippen molar-refractivity contribution in [3.63, 3.8) is 0 Å². The highest BCUT2D eigenvalue weighted by Crippen LogP contribution is 2.26. The summed E-state index contributed by atoms with van der Waals surface area (Å²) in [5.41, 5.74) is 0. The van der Waals surface area contributed by atoms with E-state index in [2.05, 4.69) is 38.2 Å². The first kappa shape index (κ1) is 12.1. The zero-order chi connectivity index (χ0) is 10.6. The minimum atomic E-state index is 0.515. The number of nitrogens with one attached hydrogen (secondary N) is 1. The Hall–Kier alpha value is 0.01000. The summed E-state index contributed by atoms with van der Waals surface area (Å²) in [5, 5.41) is 4.09. The van der Waals surface area contributed by atoms with E-state index in [0.29, 0.717) is 11.3 Å². The van der Waals surface area contributed by atoms with Gasteiger partial charge in [0.05, 0.1) is 6.04 Å². The highest BCUT2D eigenvalue weighted by Gasteiger charge is 2.11. The zero-order valence-corrected chi connectivity index (χ0v) is 11.0. The lowest BCUT2D eigenvalue weighted by molar-refractivity contribution is 0.672. The van der Waals surface area contributed by atoms with Gasteiger partial charge in [0, 0.05) is 15.5 Å². The molecule has 1 rings (SSSR count). The molecule has 1 nitrogen and oxygen atoms in total. The topological polar surface area (TPSA) is 12.0 Å². The van der Waals surface area contributed by atoms with E-state index in [0.717, 1.165) is 5.75 Å². The summed E-state index contributed by atoms with van der Waals surface area (Å²) in [4.78, 5) is 2.85. The second kappa shape index (κ2) is 5.79. The molecule has 0 radical (unpaired) electrons. The van der Waals surface area contributed by atoms with Gasteiger partial charge in [-0.2, -0.15) is 11.8 Å². The number of hydrogen-bond acceptors (Lipinski definition) is 3. The van der Waals surface area contributed by atoms with Crippen LogP contribution in [0.15, 0.2) is 12.1 Å². The Morgan fingerprint density at radius 1 is 1.43 bits per heavy atom. The molecular formula is C11H19NS2. The van der Waals surface area contributed by atoms with Crippen LogP contribution >= 0.6 is 23.1 Å². The monoisotopic (exact) mass is 229 g/mol. The van der Waals surface area contributed by atoms with E-state index in [1.807, 2.05) is 30.1 Å². The predicted octanol–water partition coefficient (Wildman–Crippen LogP) is 3.46. The molecule has 0 aliphatic rings. The summed E-state index contributed by atoms with van der Waals surface area (Å²) in [6.45, 7) is 6.66. The number of thioether (sulfide) groups is 1. The van der Waals surface area contributed by atoms with E-state index >= 15 is 0 Å². The summed E-state index contributed by atoms with van der Waals surface area (Å²) in [5.74, 6) is 1.16. The SMILES string of the molecule is CNC(CSC(C)C)c1ccc(C)s1. The molecule has 0 saturated carbocycles. The average molecular weight is 229 g/mol. The summed E-state index contributed by atoms with van der Waals surface area (Å²) in [6, 6.07) is 4.95. The Balaban J connectivity index is 2.54. The third kappa shape index (κ3) is 3.64. The van der Waals surface area contributed by atoms with Crippen LogP contribution in [0.1, 0.15) is 29.6 Å². The Labute approximate surface area is 95.3 Å². The van der Waals surface area contributed by atoms with Crippen LogP contribution in [-0.4, -0.2) is 18.1 Å². The predicted molar refractivity (Wildman–Crippen MR) is 68.5 cm³/mol. The molecule has 1 aromatic rings. The fraction of sp³-hybridized carbons (Fsp3) is 0.636. The Morgan fingerprint density at radius 2 is 2.14 bits per heavy atom. The van der Waals surface area contributed by atoms with Gasteiger partial charge in [0.15, 0.2) is 0 Å². The van der Waals surface area contributed by atoms with E-state index in [1.54, 1.807) is 0 Å². The molecule has 0 aliphatic carbocycles. The van der Waals surface area contributed by atoms with Crippen molar-refractivity contribution in [3.05, 3.63) is 21.9 Å². The van der Waals surface area contributed by atoms with Crippen LogP contribution in [0.3, 0.4) is 0 Å². The van der Waals surface area contributed by atoms with Gasteiger partial charge in [-0.3, -0.25) is 0 Å². The number of aryl methyl sites for hydroxylation is 1. The van der Waals surface area contributed by atoms with Gasteiger partial charge in [-0.15, -0.1) is 11.3 Å². The summed E-state index contributed by atoms with van der Waals surface area (Å²) in [6.07, 6.45) is 0. The maximum atomic E-state index is 3.38. The third-order valence-electron chi connectivity index (χ3n) is 2.05. The van der Waals surface area contributed by atoms with Crippen LogP contribution in [-0.2, 0) is 0 Å². The Morgan fingerprint density at radius 3 is 2.57 bits per heavy atom. The highest BCUT2D eigenvalue weighted by molar-refractivity contribution is 7.99. The van der Waals surface area contributed by atoms with E-state index in [1.165, 1.54) is 9.75 Å². The maximum Gasteiger partial charge on any atom is 0.0504 e. The molecule has 0 aromatic carbocycles. The van der Waals surface area contributed by atoms with Crippen molar-refractivity contribution in [2.75, 3.05) is 12.8 Å². The molecule has 14 heavy (non-hydrogen) atoms. The van der Waals surface area contributed by atoms with Gasteiger partial charge in [0.25, 0.3) is 0 Å². The van der Waals surface area contributed by atoms with Crippen molar-refractivity contribution in [3.8, 4) is 0 Å². The van der Waals surface area contributed by atoms with Crippen molar-refractivity contribution in [2.24, 2.45) is 0 Å². The van der Waals surface area contributed by atoms with Gasteiger partial charge in [-0.05, 0) is 31.4 Å². The standard InChI is InChI=1S/C11H19NS2/c1-8(2)13-7-10(12-4)11-6-5-9(3)14-11/h5-6,8,10,12H,7H2,1-4H3. The highest BCUT2D eigenvalue weighted by atomic mass is 32.2. The molecule has 1 atom stereocenters. The second-order valence-electron chi connectivity index (χ2n) is 3.67. The van der Waals surface area contributed by atoms with Gasteiger partial charge in [-0.1, -0.05) is 13.8 Å². The summed E-state index contributed by atoms with van der Waals surface area (Å²) >= 11 is 3.91. The molecule has 0 aliphatic heterocycles.